The number of fused-ring (bicyclic) bond motifs is 1. The van der Waals surface area contributed by atoms with Gasteiger partial charge < -0.3 is 10.8 Å². The standard InChI is InChI=1S/C15H19NO4S/c1-2-3-4-5-10-6-7-11-9-13(21(18,19)20)14(16)15(17)12(11)8-10/h6-9,17H,2-5,16H2,1H3,(H,18,19,20). The number of nitrogen functional groups attached to an aromatic ring is 1. The minimum absolute atomic E-state index is 0.308. The second-order valence-corrected chi connectivity index (χ2v) is 6.51. The van der Waals surface area contributed by atoms with Crippen molar-refractivity contribution in [2.75, 3.05) is 5.73 Å². The summed E-state index contributed by atoms with van der Waals surface area (Å²) in [7, 11) is -4.46. The van der Waals surface area contributed by atoms with Gasteiger partial charge in [-0.25, -0.2) is 0 Å². The average Bonchev–Trinajstić information content (AvgIpc) is 2.42. The number of phenols is 1. The number of benzene rings is 2. The fourth-order valence-electron chi connectivity index (χ4n) is 2.36. The first-order valence-corrected chi connectivity index (χ1v) is 8.30. The minimum Gasteiger partial charge on any atom is -0.505 e. The summed E-state index contributed by atoms with van der Waals surface area (Å²) in [6.45, 7) is 2.13. The maximum atomic E-state index is 11.3. The largest absolute Gasteiger partial charge is 0.505 e. The number of hydrogen-bond acceptors (Lipinski definition) is 4. The zero-order chi connectivity index (χ0) is 15.6. The van der Waals surface area contributed by atoms with E-state index in [2.05, 4.69) is 6.92 Å². The van der Waals surface area contributed by atoms with Gasteiger partial charge in [0.1, 0.15) is 10.6 Å². The molecule has 0 radical (unpaired) electrons. The molecule has 21 heavy (non-hydrogen) atoms. The highest BCUT2D eigenvalue weighted by Crippen LogP contribution is 2.36. The molecule has 2 rings (SSSR count). The molecule has 0 aromatic heterocycles. The summed E-state index contributed by atoms with van der Waals surface area (Å²) in [5.41, 5.74) is 6.35. The van der Waals surface area contributed by atoms with Crippen LogP contribution in [0.2, 0.25) is 0 Å². The molecule has 0 aliphatic heterocycles. The highest BCUT2D eigenvalue weighted by molar-refractivity contribution is 7.86. The highest BCUT2D eigenvalue weighted by atomic mass is 32.2. The number of phenolic OH excluding ortho intramolecular Hbond substituents is 1. The lowest BCUT2D eigenvalue weighted by Crippen LogP contribution is -2.03. The molecular weight excluding hydrogens is 290 g/mol. The molecule has 0 heterocycles. The molecule has 0 unspecified atom stereocenters. The number of aryl methyl sites for hydroxylation is 1. The Morgan fingerprint density at radius 3 is 2.52 bits per heavy atom. The van der Waals surface area contributed by atoms with Gasteiger partial charge in [-0.2, -0.15) is 8.42 Å². The van der Waals surface area contributed by atoms with E-state index in [1.54, 1.807) is 6.07 Å². The van der Waals surface area contributed by atoms with Crippen LogP contribution >= 0.6 is 0 Å². The van der Waals surface area contributed by atoms with E-state index in [-0.39, 0.29) is 11.4 Å². The maximum absolute atomic E-state index is 11.3. The number of anilines is 1. The van der Waals surface area contributed by atoms with Crippen LogP contribution in [0.3, 0.4) is 0 Å². The van der Waals surface area contributed by atoms with Gasteiger partial charge in [-0.1, -0.05) is 31.9 Å². The Hall–Kier alpha value is -1.79. The zero-order valence-corrected chi connectivity index (χ0v) is 12.7. The van der Waals surface area contributed by atoms with Gasteiger partial charge in [0, 0.05) is 5.39 Å². The Kier molecular flexibility index (Phi) is 4.39. The van der Waals surface area contributed by atoms with E-state index in [0.29, 0.717) is 10.8 Å². The van der Waals surface area contributed by atoms with Crippen molar-refractivity contribution in [3.63, 3.8) is 0 Å². The Bertz CT molecular complexity index is 769. The lowest BCUT2D eigenvalue weighted by atomic mass is 10.0. The first kappa shape index (κ1) is 15.6. The molecule has 0 amide bonds. The Balaban J connectivity index is 2.52. The predicted molar refractivity (Wildman–Crippen MR) is 83.1 cm³/mol. The molecule has 0 aliphatic rings. The van der Waals surface area contributed by atoms with Crippen LogP contribution in [-0.4, -0.2) is 18.1 Å². The van der Waals surface area contributed by atoms with E-state index < -0.39 is 15.0 Å². The van der Waals surface area contributed by atoms with Crippen molar-refractivity contribution in [3.8, 4) is 5.75 Å². The van der Waals surface area contributed by atoms with Gasteiger partial charge >= 0.3 is 0 Å². The third-order valence-electron chi connectivity index (χ3n) is 3.53. The molecule has 0 bridgehead atoms. The third kappa shape index (κ3) is 3.28. The minimum atomic E-state index is -4.46. The van der Waals surface area contributed by atoms with Crippen LogP contribution in [0.15, 0.2) is 29.2 Å². The molecule has 2 aromatic rings. The molecule has 4 N–H and O–H groups in total. The van der Waals surface area contributed by atoms with Crippen LogP contribution in [-0.2, 0) is 16.5 Å². The first-order chi connectivity index (χ1) is 9.84. The Labute approximate surface area is 124 Å². The summed E-state index contributed by atoms with van der Waals surface area (Å²) in [5.74, 6) is -0.308. The van der Waals surface area contributed by atoms with Crippen molar-refractivity contribution in [1.29, 1.82) is 0 Å². The maximum Gasteiger partial charge on any atom is 0.296 e. The Morgan fingerprint density at radius 1 is 1.19 bits per heavy atom. The first-order valence-electron chi connectivity index (χ1n) is 6.86. The van der Waals surface area contributed by atoms with Gasteiger partial charge in [0.25, 0.3) is 10.1 Å². The summed E-state index contributed by atoms with van der Waals surface area (Å²) in [5, 5.41) is 11.1. The fourth-order valence-corrected chi connectivity index (χ4v) is 3.01. The lowest BCUT2D eigenvalue weighted by Gasteiger charge is -2.10. The van der Waals surface area contributed by atoms with E-state index in [1.165, 1.54) is 6.07 Å². The molecule has 2 aromatic carbocycles. The van der Waals surface area contributed by atoms with Gasteiger partial charge in [-0.15, -0.1) is 0 Å². The van der Waals surface area contributed by atoms with Gasteiger partial charge in [0.05, 0.1) is 5.69 Å². The predicted octanol–water partition coefficient (Wildman–Crippen LogP) is 3.11. The van der Waals surface area contributed by atoms with Gasteiger partial charge in [0.15, 0.2) is 0 Å². The fraction of sp³-hybridized carbons (Fsp3) is 0.333. The monoisotopic (exact) mass is 309 g/mol. The van der Waals surface area contributed by atoms with Crippen molar-refractivity contribution in [1.82, 2.24) is 0 Å². The summed E-state index contributed by atoms with van der Waals surface area (Å²) < 4.78 is 31.6. The molecule has 5 nitrogen and oxygen atoms in total. The van der Waals surface area contributed by atoms with Crippen molar-refractivity contribution < 1.29 is 18.1 Å². The number of aromatic hydroxyl groups is 1. The van der Waals surface area contributed by atoms with Crippen molar-refractivity contribution in [2.24, 2.45) is 0 Å². The molecule has 0 saturated carbocycles. The molecular formula is C15H19NO4S. The van der Waals surface area contributed by atoms with Crippen LogP contribution in [0.5, 0.6) is 5.75 Å². The number of rotatable bonds is 5. The second kappa shape index (κ2) is 5.91. The summed E-state index contributed by atoms with van der Waals surface area (Å²) in [6, 6.07) is 6.70. The van der Waals surface area contributed by atoms with Gasteiger partial charge in [-0.05, 0) is 35.9 Å². The number of hydrogen-bond donors (Lipinski definition) is 3. The van der Waals surface area contributed by atoms with Crippen LogP contribution in [0.25, 0.3) is 10.8 Å². The second-order valence-electron chi connectivity index (χ2n) is 5.12. The lowest BCUT2D eigenvalue weighted by molar-refractivity contribution is 0.473. The van der Waals surface area contributed by atoms with Crippen LogP contribution in [0, 0.1) is 0 Å². The van der Waals surface area contributed by atoms with E-state index in [4.69, 9.17) is 10.3 Å². The normalized spacial score (nSPS) is 11.9. The van der Waals surface area contributed by atoms with E-state index >= 15 is 0 Å². The van der Waals surface area contributed by atoms with Gasteiger partial charge in [-0.3, -0.25) is 4.55 Å². The third-order valence-corrected chi connectivity index (χ3v) is 4.42. The number of nitrogens with two attached hydrogens (primary N) is 1. The van der Waals surface area contributed by atoms with Crippen LogP contribution in [0.1, 0.15) is 31.7 Å². The zero-order valence-electron chi connectivity index (χ0n) is 11.8. The summed E-state index contributed by atoms with van der Waals surface area (Å²) in [6.07, 6.45) is 4.21. The Morgan fingerprint density at radius 2 is 1.90 bits per heavy atom. The number of unbranched alkanes of at least 4 members (excludes halogenated alkanes) is 2. The van der Waals surface area contributed by atoms with Crippen molar-refractivity contribution in [2.45, 2.75) is 37.5 Å². The molecule has 0 aliphatic carbocycles. The summed E-state index contributed by atoms with van der Waals surface area (Å²) in [4.78, 5) is -0.466. The molecule has 114 valence electrons. The topological polar surface area (TPSA) is 101 Å². The van der Waals surface area contributed by atoms with Gasteiger partial charge in [0.2, 0.25) is 0 Å². The van der Waals surface area contributed by atoms with E-state index in [1.807, 2.05) is 12.1 Å². The average molecular weight is 309 g/mol. The van der Waals surface area contributed by atoms with Crippen LogP contribution < -0.4 is 5.73 Å². The summed E-state index contributed by atoms with van der Waals surface area (Å²) >= 11 is 0. The molecule has 0 saturated heterocycles. The van der Waals surface area contributed by atoms with Crippen molar-refractivity contribution >= 4 is 26.6 Å². The van der Waals surface area contributed by atoms with Crippen LogP contribution in [0.4, 0.5) is 5.69 Å². The van der Waals surface area contributed by atoms with E-state index in [0.717, 1.165) is 31.2 Å². The quantitative estimate of drug-likeness (QED) is 0.341. The molecule has 6 heteroatoms. The van der Waals surface area contributed by atoms with Crippen molar-refractivity contribution in [3.05, 3.63) is 29.8 Å². The molecule has 0 spiro atoms. The SMILES string of the molecule is CCCCCc1ccc2cc(S(=O)(=O)O)c(N)c(O)c2c1. The highest BCUT2D eigenvalue weighted by Gasteiger charge is 2.19. The molecule has 0 fully saturated rings. The molecule has 0 atom stereocenters. The van der Waals surface area contributed by atoms with E-state index in [9.17, 15) is 13.5 Å². The smallest absolute Gasteiger partial charge is 0.296 e.